The molecule has 1 unspecified atom stereocenters. The summed E-state index contributed by atoms with van der Waals surface area (Å²) in [6, 6.07) is 6.82. The molecule has 0 spiro atoms. The molecule has 0 aromatic heterocycles. The molecule has 16 heavy (non-hydrogen) atoms. The molecule has 0 saturated heterocycles. The smallest absolute Gasteiger partial charge is 0.0193 e. The van der Waals surface area contributed by atoms with Crippen molar-refractivity contribution in [3.8, 4) is 0 Å². The van der Waals surface area contributed by atoms with Crippen molar-refractivity contribution in [2.45, 2.75) is 52.9 Å². The molecule has 1 rings (SSSR count). The van der Waals surface area contributed by atoms with Crippen molar-refractivity contribution >= 4 is 5.57 Å². The van der Waals surface area contributed by atoms with Crippen LogP contribution in [0.2, 0.25) is 0 Å². The summed E-state index contributed by atoms with van der Waals surface area (Å²) in [5, 5.41) is 0. The van der Waals surface area contributed by atoms with Crippen molar-refractivity contribution in [2.24, 2.45) is 0 Å². The number of hydrogen-bond acceptors (Lipinski definition) is 0. The van der Waals surface area contributed by atoms with E-state index in [0.29, 0.717) is 5.92 Å². The minimum atomic E-state index is 0.647. The van der Waals surface area contributed by atoms with Crippen LogP contribution in [0.25, 0.3) is 5.57 Å². The molecule has 1 aromatic carbocycles. The van der Waals surface area contributed by atoms with E-state index < -0.39 is 0 Å². The van der Waals surface area contributed by atoms with E-state index in [2.05, 4.69) is 52.5 Å². The molecule has 1 atom stereocenters. The van der Waals surface area contributed by atoms with Crippen LogP contribution in [0.15, 0.2) is 24.8 Å². The Morgan fingerprint density at radius 3 is 2.56 bits per heavy atom. The van der Waals surface area contributed by atoms with E-state index in [1.807, 2.05) is 0 Å². The van der Waals surface area contributed by atoms with Crippen LogP contribution < -0.4 is 0 Å². The Kier molecular flexibility index (Phi) is 4.79. The van der Waals surface area contributed by atoms with Crippen molar-refractivity contribution in [1.82, 2.24) is 0 Å². The van der Waals surface area contributed by atoms with Gasteiger partial charge in [0.15, 0.2) is 0 Å². The molecule has 0 fully saturated rings. The number of rotatable bonds is 5. The SMILES string of the molecule is C=C(CCC)c1cc(C(C)CC)ccc1C. The fourth-order valence-electron chi connectivity index (χ4n) is 2.00. The summed E-state index contributed by atoms with van der Waals surface area (Å²) in [7, 11) is 0. The molecule has 0 heteroatoms. The summed E-state index contributed by atoms with van der Waals surface area (Å²) in [6.45, 7) is 13.1. The summed E-state index contributed by atoms with van der Waals surface area (Å²) in [6.07, 6.45) is 3.47. The van der Waals surface area contributed by atoms with E-state index >= 15 is 0 Å². The Labute approximate surface area is 100 Å². The third-order valence-electron chi connectivity index (χ3n) is 3.38. The van der Waals surface area contributed by atoms with Gasteiger partial charge in [-0.1, -0.05) is 52.0 Å². The Hall–Kier alpha value is -1.04. The quantitative estimate of drug-likeness (QED) is 0.624. The first-order chi connectivity index (χ1) is 7.60. The Morgan fingerprint density at radius 1 is 1.31 bits per heavy atom. The van der Waals surface area contributed by atoms with E-state index in [1.54, 1.807) is 0 Å². The van der Waals surface area contributed by atoms with Gasteiger partial charge in [0, 0.05) is 0 Å². The number of aryl methyl sites for hydroxylation is 1. The first-order valence-electron chi connectivity index (χ1n) is 6.38. The van der Waals surface area contributed by atoms with Crippen LogP contribution in [-0.4, -0.2) is 0 Å². The average molecular weight is 216 g/mol. The highest BCUT2D eigenvalue weighted by molar-refractivity contribution is 5.66. The molecule has 0 aliphatic heterocycles. The van der Waals surface area contributed by atoms with Gasteiger partial charge >= 0.3 is 0 Å². The van der Waals surface area contributed by atoms with Crippen molar-refractivity contribution in [1.29, 1.82) is 0 Å². The maximum atomic E-state index is 4.20. The lowest BCUT2D eigenvalue weighted by Crippen LogP contribution is -1.95. The second-order valence-electron chi connectivity index (χ2n) is 4.74. The van der Waals surface area contributed by atoms with Gasteiger partial charge in [-0.2, -0.15) is 0 Å². The zero-order valence-electron chi connectivity index (χ0n) is 11.1. The van der Waals surface area contributed by atoms with Crippen LogP contribution in [0.4, 0.5) is 0 Å². The van der Waals surface area contributed by atoms with Crippen LogP contribution in [0.5, 0.6) is 0 Å². The minimum Gasteiger partial charge on any atom is -0.0952 e. The van der Waals surface area contributed by atoms with Gasteiger partial charge in [0.1, 0.15) is 0 Å². The van der Waals surface area contributed by atoms with E-state index in [0.717, 1.165) is 6.42 Å². The fourth-order valence-corrected chi connectivity index (χ4v) is 2.00. The van der Waals surface area contributed by atoms with Crippen LogP contribution in [-0.2, 0) is 0 Å². The molecule has 0 aliphatic rings. The highest BCUT2D eigenvalue weighted by atomic mass is 14.1. The highest BCUT2D eigenvalue weighted by Crippen LogP contribution is 2.27. The topological polar surface area (TPSA) is 0 Å². The van der Waals surface area contributed by atoms with Gasteiger partial charge in [-0.3, -0.25) is 0 Å². The first kappa shape index (κ1) is 13.0. The highest BCUT2D eigenvalue weighted by Gasteiger charge is 2.07. The van der Waals surface area contributed by atoms with Gasteiger partial charge in [-0.25, -0.2) is 0 Å². The molecule has 0 aliphatic carbocycles. The largest absolute Gasteiger partial charge is 0.0952 e. The second-order valence-corrected chi connectivity index (χ2v) is 4.74. The maximum Gasteiger partial charge on any atom is -0.0193 e. The standard InChI is InChI=1S/C16H24/c1-6-8-13(4)16-11-15(12(3)7-2)10-9-14(16)5/h9-12H,4,6-8H2,1-3,5H3. The minimum absolute atomic E-state index is 0.647. The summed E-state index contributed by atoms with van der Waals surface area (Å²) in [5.74, 6) is 0.647. The lowest BCUT2D eigenvalue weighted by atomic mass is 9.91. The van der Waals surface area contributed by atoms with Crippen molar-refractivity contribution in [2.75, 3.05) is 0 Å². The molecule has 0 saturated carbocycles. The van der Waals surface area contributed by atoms with Crippen LogP contribution in [0.1, 0.15) is 62.6 Å². The predicted octanol–water partition coefficient (Wildman–Crippen LogP) is 5.32. The summed E-state index contributed by atoms with van der Waals surface area (Å²) >= 11 is 0. The molecular weight excluding hydrogens is 192 g/mol. The van der Waals surface area contributed by atoms with E-state index in [1.165, 1.54) is 35.1 Å². The molecule has 0 bridgehead atoms. The monoisotopic (exact) mass is 216 g/mol. The van der Waals surface area contributed by atoms with Gasteiger partial charge < -0.3 is 0 Å². The molecule has 0 amide bonds. The number of allylic oxidation sites excluding steroid dienone is 1. The van der Waals surface area contributed by atoms with Crippen LogP contribution >= 0.6 is 0 Å². The summed E-state index contributed by atoms with van der Waals surface area (Å²) < 4.78 is 0. The molecule has 0 radical (unpaired) electrons. The zero-order chi connectivity index (χ0) is 12.1. The van der Waals surface area contributed by atoms with Gasteiger partial charge in [0.25, 0.3) is 0 Å². The molecule has 1 aromatic rings. The zero-order valence-corrected chi connectivity index (χ0v) is 11.1. The lowest BCUT2D eigenvalue weighted by molar-refractivity contribution is 0.733. The van der Waals surface area contributed by atoms with Crippen LogP contribution in [0, 0.1) is 6.92 Å². The van der Waals surface area contributed by atoms with Crippen molar-refractivity contribution in [3.63, 3.8) is 0 Å². The molecule has 88 valence electrons. The Morgan fingerprint density at radius 2 is 2.00 bits per heavy atom. The molecule has 0 heterocycles. The molecular formula is C16H24. The fraction of sp³-hybridized carbons (Fsp3) is 0.500. The third kappa shape index (κ3) is 2.98. The van der Waals surface area contributed by atoms with Gasteiger partial charge in [-0.15, -0.1) is 0 Å². The molecule has 0 N–H and O–H groups in total. The first-order valence-corrected chi connectivity index (χ1v) is 6.38. The van der Waals surface area contributed by atoms with Gasteiger partial charge in [0.05, 0.1) is 0 Å². The lowest BCUT2D eigenvalue weighted by Gasteiger charge is -2.14. The third-order valence-corrected chi connectivity index (χ3v) is 3.38. The average Bonchev–Trinajstić information content (AvgIpc) is 2.29. The maximum absolute atomic E-state index is 4.20. The Bertz CT molecular complexity index is 360. The van der Waals surface area contributed by atoms with E-state index in [4.69, 9.17) is 0 Å². The van der Waals surface area contributed by atoms with Crippen molar-refractivity contribution in [3.05, 3.63) is 41.5 Å². The predicted molar refractivity (Wildman–Crippen MR) is 73.8 cm³/mol. The van der Waals surface area contributed by atoms with Crippen LogP contribution in [0.3, 0.4) is 0 Å². The summed E-state index contributed by atoms with van der Waals surface area (Å²) in [5.41, 5.74) is 5.44. The Balaban J connectivity index is 3.03. The van der Waals surface area contributed by atoms with Gasteiger partial charge in [-0.05, 0) is 47.9 Å². The van der Waals surface area contributed by atoms with E-state index in [9.17, 15) is 0 Å². The van der Waals surface area contributed by atoms with Crippen molar-refractivity contribution < 1.29 is 0 Å². The normalized spacial score (nSPS) is 12.5. The second kappa shape index (κ2) is 5.89. The molecule has 0 nitrogen and oxygen atoms in total. The summed E-state index contributed by atoms with van der Waals surface area (Å²) in [4.78, 5) is 0. The number of benzene rings is 1. The van der Waals surface area contributed by atoms with E-state index in [-0.39, 0.29) is 0 Å². The number of hydrogen-bond donors (Lipinski definition) is 0. The van der Waals surface area contributed by atoms with Gasteiger partial charge in [0.2, 0.25) is 0 Å².